The predicted octanol–water partition coefficient (Wildman–Crippen LogP) is 2.99. The van der Waals surface area contributed by atoms with Crippen LogP contribution in [0, 0.1) is 12.7 Å². The van der Waals surface area contributed by atoms with Gasteiger partial charge in [-0.3, -0.25) is 9.78 Å². The molecule has 4 rings (SSSR count). The minimum absolute atomic E-state index is 0.208. The van der Waals surface area contributed by atoms with Gasteiger partial charge in [0.05, 0.1) is 25.0 Å². The Hall–Kier alpha value is -4.03. The van der Waals surface area contributed by atoms with Crippen molar-refractivity contribution in [2.24, 2.45) is 0 Å². The van der Waals surface area contributed by atoms with E-state index in [4.69, 9.17) is 14.6 Å². The molecular formula is C21H19F4N5O4. The number of aliphatic carboxylic acids is 1. The van der Waals surface area contributed by atoms with E-state index in [1.807, 2.05) is 6.07 Å². The number of rotatable bonds is 4. The quantitative estimate of drug-likeness (QED) is 0.571. The highest BCUT2D eigenvalue weighted by atomic mass is 19.4. The Bertz CT molecular complexity index is 1170. The summed E-state index contributed by atoms with van der Waals surface area (Å²) in [6.45, 7) is 3.29. The molecule has 0 saturated heterocycles. The molecule has 34 heavy (non-hydrogen) atoms. The Labute approximate surface area is 190 Å². The predicted molar refractivity (Wildman–Crippen MR) is 108 cm³/mol. The molecule has 0 atom stereocenters. The van der Waals surface area contributed by atoms with E-state index in [1.165, 1.54) is 6.07 Å². The molecule has 1 aliphatic rings. The van der Waals surface area contributed by atoms with Crippen molar-refractivity contribution in [3.8, 4) is 5.75 Å². The van der Waals surface area contributed by atoms with Gasteiger partial charge in [-0.1, -0.05) is 11.3 Å². The topological polar surface area (TPSA) is 110 Å². The number of benzene rings is 1. The maximum atomic E-state index is 13.8. The zero-order valence-electron chi connectivity index (χ0n) is 17.8. The lowest BCUT2D eigenvalue weighted by molar-refractivity contribution is -0.192. The Morgan fingerprint density at radius 1 is 1.21 bits per heavy atom. The number of fused-ring (bicyclic) bond motifs is 1. The van der Waals surface area contributed by atoms with Gasteiger partial charge in [-0.05, 0) is 36.8 Å². The van der Waals surface area contributed by atoms with Crippen molar-refractivity contribution in [1.82, 2.24) is 24.9 Å². The zero-order valence-corrected chi connectivity index (χ0v) is 17.8. The van der Waals surface area contributed by atoms with Gasteiger partial charge >= 0.3 is 12.1 Å². The number of amides is 1. The molecule has 0 spiro atoms. The van der Waals surface area contributed by atoms with Gasteiger partial charge in [0.2, 0.25) is 0 Å². The van der Waals surface area contributed by atoms with E-state index >= 15 is 0 Å². The van der Waals surface area contributed by atoms with Crippen LogP contribution >= 0.6 is 0 Å². The van der Waals surface area contributed by atoms with Crippen LogP contribution in [0.1, 0.15) is 27.3 Å². The normalized spacial score (nSPS) is 12.9. The number of aromatic nitrogens is 4. The lowest BCUT2D eigenvalue weighted by Gasteiger charge is -2.28. The Kier molecular flexibility index (Phi) is 7.44. The number of halogens is 4. The largest absolute Gasteiger partial charge is 0.490 e. The van der Waals surface area contributed by atoms with Crippen LogP contribution in [-0.4, -0.2) is 54.6 Å². The zero-order chi connectivity index (χ0) is 24.9. The molecule has 13 heteroatoms. The molecule has 0 aliphatic carbocycles. The van der Waals surface area contributed by atoms with E-state index < -0.39 is 12.1 Å². The number of hydrogen-bond donors (Lipinski definition) is 1. The summed E-state index contributed by atoms with van der Waals surface area (Å²) in [5, 5.41) is 15.4. The average Bonchev–Trinajstić information content (AvgIpc) is 3.21. The van der Waals surface area contributed by atoms with E-state index in [1.54, 1.807) is 47.1 Å². The number of alkyl halides is 3. The van der Waals surface area contributed by atoms with Crippen LogP contribution < -0.4 is 4.74 Å². The maximum absolute atomic E-state index is 13.8. The summed E-state index contributed by atoms with van der Waals surface area (Å²) in [7, 11) is 0. The summed E-state index contributed by atoms with van der Waals surface area (Å²) in [6.07, 6.45) is -1.79. The lowest BCUT2D eigenvalue weighted by atomic mass is 10.1. The minimum atomic E-state index is -5.08. The molecule has 3 aromatic rings. The van der Waals surface area contributed by atoms with Gasteiger partial charge in [-0.25, -0.2) is 13.9 Å². The monoisotopic (exact) mass is 481 g/mol. The fourth-order valence-corrected chi connectivity index (χ4v) is 2.97. The standard InChI is InChI=1S/C19H18FN5O2.C2HF3O2/c1-13-4-5-14(9-16(13)20)19(26)24-7-8-25-18(11-24)17(22-23-25)12-27-15-3-2-6-21-10-15;3-2(4,5)1(6)7/h2-6,9-10H,7-8,11-12H2,1H3;(H,6,7). The second-order valence-electron chi connectivity index (χ2n) is 7.18. The van der Waals surface area contributed by atoms with Crippen molar-refractivity contribution in [2.75, 3.05) is 6.54 Å². The first kappa shape index (κ1) is 24.6. The fraction of sp³-hybridized carbons (Fsp3) is 0.286. The number of carbonyl (C=O) groups is 2. The molecule has 1 N–H and O–H groups in total. The molecule has 2 aromatic heterocycles. The van der Waals surface area contributed by atoms with Gasteiger partial charge < -0.3 is 14.7 Å². The third kappa shape index (κ3) is 6.05. The second kappa shape index (κ2) is 10.3. The van der Waals surface area contributed by atoms with Crippen LogP contribution in [0.3, 0.4) is 0 Å². The second-order valence-corrected chi connectivity index (χ2v) is 7.18. The van der Waals surface area contributed by atoms with E-state index in [-0.39, 0.29) is 18.3 Å². The minimum Gasteiger partial charge on any atom is -0.486 e. The maximum Gasteiger partial charge on any atom is 0.490 e. The number of aryl methyl sites for hydroxylation is 1. The van der Waals surface area contributed by atoms with Crippen LogP contribution in [0.2, 0.25) is 0 Å². The molecule has 0 radical (unpaired) electrons. The lowest BCUT2D eigenvalue weighted by Crippen LogP contribution is -2.38. The Morgan fingerprint density at radius 2 is 1.94 bits per heavy atom. The molecule has 0 bridgehead atoms. The molecule has 9 nitrogen and oxygen atoms in total. The Balaban J connectivity index is 0.000000406. The van der Waals surface area contributed by atoms with Gasteiger partial charge in [-0.15, -0.1) is 5.10 Å². The summed E-state index contributed by atoms with van der Waals surface area (Å²) in [4.78, 5) is 27.3. The first-order valence-corrected chi connectivity index (χ1v) is 9.86. The first-order chi connectivity index (χ1) is 16.1. The van der Waals surface area contributed by atoms with Crippen LogP contribution in [0.4, 0.5) is 17.6 Å². The van der Waals surface area contributed by atoms with Crippen molar-refractivity contribution in [1.29, 1.82) is 0 Å². The number of nitrogens with zero attached hydrogens (tertiary/aromatic N) is 5. The first-order valence-electron chi connectivity index (χ1n) is 9.86. The van der Waals surface area contributed by atoms with Gasteiger partial charge in [0.15, 0.2) is 0 Å². The van der Waals surface area contributed by atoms with E-state index in [0.717, 1.165) is 5.69 Å². The number of ether oxygens (including phenoxy) is 1. The Morgan fingerprint density at radius 3 is 2.56 bits per heavy atom. The fourth-order valence-electron chi connectivity index (χ4n) is 2.97. The van der Waals surface area contributed by atoms with Gasteiger partial charge in [0, 0.05) is 18.3 Å². The van der Waals surface area contributed by atoms with Crippen molar-refractivity contribution in [3.05, 3.63) is 71.1 Å². The van der Waals surface area contributed by atoms with Crippen molar-refractivity contribution < 1.29 is 37.0 Å². The molecule has 180 valence electrons. The van der Waals surface area contributed by atoms with E-state index in [0.29, 0.717) is 42.2 Å². The van der Waals surface area contributed by atoms with Gasteiger partial charge in [0.25, 0.3) is 5.91 Å². The van der Waals surface area contributed by atoms with Crippen LogP contribution in [0.25, 0.3) is 0 Å². The average molecular weight is 481 g/mol. The molecule has 1 amide bonds. The highest BCUT2D eigenvalue weighted by Crippen LogP contribution is 2.20. The van der Waals surface area contributed by atoms with Crippen LogP contribution in [0.15, 0.2) is 42.7 Å². The molecule has 3 heterocycles. The highest BCUT2D eigenvalue weighted by molar-refractivity contribution is 5.94. The smallest absolute Gasteiger partial charge is 0.486 e. The van der Waals surface area contributed by atoms with Gasteiger partial charge in [0.1, 0.15) is 23.9 Å². The van der Waals surface area contributed by atoms with Crippen LogP contribution in [0.5, 0.6) is 5.75 Å². The van der Waals surface area contributed by atoms with Crippen molar-refractivity contribution in [3.63, 3.8) is 0 Å². The number of pyridine rings is 1. The summed E-state index contributed by atoms with van der Waals surface area (Å²) >= 11 is 0. The number of hydrogen-bond acceptors (Lipinski definition) is 6. The summed E-state index contributed by atoms with van der Waals surface area (Å²) in [5.41, 5.74) is 2.35. The van der Waals surface area contributed by atoms with Crippen molar-refractivity contribution in [2.45, 2.75) is 32.8 Å². The van der Waals surface area contributed by atoms with E-state index in [2.05, 4.69) is 15.3 Å². The third-order valence-corrected chi connectivity index (χ3v) is 4.80. The molecule has 1 aliphatic heterocycles. The highest BCUT2D eigenvalue weighted by Gasteiger charge is 2.38. The summed E-state index contributed by atoms with van der Waals surface area (Å²) in [6, 6.07) is 8.15. The van der Waals surface area contributed by atoms with Gasteiger partial charge in [-0.2, -0.15) is 13.2 Å². The summed E-state index contributed by atoms with van der Waals surface area (Å²) in [5.74, 6) is -2.71. The molecule has 0 fully saturated rings. The van der Waals surface area contributed by atoms with Crippen LogP contribution in [-0.2, 0) is 24.5 Å². The summed E-state index contributed by atoms with van der Waals surface area (Å²) < 4.78 is 53.0. The van der Waals surface area contributed by atoms with E-state index in [9.17, 15) is 22.4 Å². The van der Waals surface area contributed by atoms with Crippen molar-refractivity contribution >= 4 is 11.9 Å². The molecule has 0 unspecified atom stereocenters. The molecule has 1 aromatic carbocycles. The molecular weight excluding hydrogens is 462 g/mol. The third-order valence-electron chi connectivity index (χ3n) is 4.80. The number of carboxylic acids is 1. The SMILES string of the molecule is Cc1ccc(C(=O)N2CCn3nnc(COc4cccnc4)c3C2)cc1F.O=C(O)C(F)(F)F. The number of carboxylic acid groups (broad SMARTS) is 1. The number of carbonyl (C=O) groups excluding carboxylic acids is 1. The molecule has 0 saturated carbocycles.